The number of anilines is 1. The molecule has 5 nitrogen and oxygen atoms in total. The van der Waals surface area contributed by atoms with Crippen molar-refractivity contribution in [2.75, 3.05) is 18.4 Å². The third-order valence-electron chi connectivity index (χ3n) is 6.40. The summed E-state index contributed by atoms with van der Waals surface area (Å²) in [6.07, 6.45) is 4.63. The van der Waals surface area contributed by atoms with Crippen LogP contribution >= 0.6 is 27.5 Å². The van der Waals surface area contributed by atoms with Crippen molar-refractivity contribution in [2.45, 2.75) is 25.7 Å². The number of hydrogen-bond acceptors (Lipinski definition) is 2. The number of benzene rings is 2. The summed E-state index contributed by atoms with van der Waals surface area (Å²) in [5.41, 5.74) is 7.11. The van der Waals surface area contributed by atoms with Crippen LogP contribution in [0.2, 0.25) is 5.02 Å². The highest BCUT2D eigenvalue weighted by Gasteiger charge is 2.27. The number of pyridine rings is 1. The van der Waals surface area contributed by atoms with Gasteiger partial charge in [-0.25, -0.2) is 4.79 Å². The van der Waals surface area contributed by atoms with Crippen LogP contribution in [0, 0.1) is 0 Å². The number of nitrogens with one attached hydrogen (secondary N) is 2. The zero-order valence-corrected chi connectivity index (χ0v) is 20.3. The number of H-pyrrole nitrogens is 1. The predicted octanol–water partition coefficient (Wildman–Crippen LogP) is 6.02. The monoisotopic (exact) mass is 523 g/mol. The van der Waals surface area contributed by atoms with Crippen LogP contribution in [0.5, 0.6) is 0 Å². The van der Waals surface area contributed by atoms with Crippen molar-refractivity contribution < 1.29 is 4.79 Å². The van der Waals surface area contributed by atoms with Crippen LogP contribution < -0.4 is 10.7 Å². The summed E-state index contributed by atoms with van der Waals surface area (Å²) >= 11 is 9.69. The normalized spacial score (nSPS) is 15.5. The molecule has 2 amide bonds. The van der Waals surface area contributed by atoms with E-state index in [1.807, 2.05) is 47.4 Å². The maximum absolute atomic E-state index is 13.0. The number of amides is 2. The van der Waals surface area contributed by atoms with E-state index in [4.69, 9.17) is 11.6 Å². The summed E-state index contributed by atoms with van der Waals surface area (Å²) in [4.78, 5) is 30.9. The molecule has 33 heavy (non-hydrogen) atoms. The Balaban J connectivity index is 1.49. The Kier molecular flexibility index (Phi) is 6.13. The van der Waals surface area contributed by atoms with Gasteiger partial charge in [-0.2, -0.15) is 0 Å². The van der Waals surface area contributed by atoms with E-state index in [9.17, 15) is 9.59 Å². The lowest BCUT2D eigenvalue weighted by molar-refractivity contribution is 0.207. The van der Waals surface area contributed by atoms with Gasteiger partial charge < -0.3 is 15.2 Å². The Labute approximate surface area is 205 Å². The van der Waals surface area contributed by atoms with Gasteiger partial charge in [-0.1, -0.05) is 41.4 Å². The number of carbonyl (C=O) groups excluding carboxylic acids is 1. The summed E-state index contributed by atoms with van der Waals surface area (Å²) in [7, 11) is 0. The van der Waals surface area contributed by atoms with Crippen molar-refractivity contribution in [3.05, 3.63) is 102 Å². The SMILES string of the molecule is O=C(Nc1ccccc1)N1CCC(=C2c3ccc(Cl)cc3CCc3c2[nH]cc(Br)c3=O)CC1. The van der Waals surface area contributed by atoms with Crippen molar-refractivity contribution in [1.82, 2.24) is 9.88 Å². The third-order valence-corrected chi connectivity index (χ3v) is 7.22. The van der Waals surface area contributed by atoms with Gasteiger partial charge in [0.05, 0.1) is 10.2 Å². The maximum Gasteiger partial charge on any atom is 0.321 e. The van der Waals surface area contributed by atoms with Gasteiger partial charge in [0.25, 0.3) is 0 Å². The second-order valence-corrected chi connectivity index (χ2v) is 9.67. The minimum atomic E-state index is -0.0870. The van der Waals surface area contributed by atoms with Gasteiger partial charge >= 0.3 is 6.03 Å². The first-order valence-corrected chi connectivity index (χ1v) is 12.2. The second kappa shape index (κ2) is 9.20. The van der Waals surface area contributed by atoms with Gasteiger partial charge in [0.15, 0.2) is 5.43 Å². The van der Waals surface area contributed by atoms with E-state index in [1.54, 1.807) is 6.20 Å². The molecule has 1 fully saturated rings. The Morgan fingerprint density at radius 2 is 1.79 bits per heavy atom. The van der Waals surface area contributed by atoms with Crippen LogP contribution in [-0.2, 0) is 12.8 Å². The summed E-state index contributed by atoms with van der Waals surface area (Å²) in [5, 5.41) is 3.67. The number of fused-ring (bicyclic) bond motifs is 2. The molecule has 0 bridgehead atoms. The smallest absolute Gasteiger partial charge is 0.321 e. The quantitative estimate of drug-likeness (QED) is 0.409. The number of likely N-dealkylation sites (tertiary alicyclic amines) is 1. The fourth-order valence-electron chi connectivity index (χ4n) is 4.74. The molecule has 0 saturated carbocycles. The molecular weight excluding hydrogens is 502 g/mol. The molecule has 1 aliphatic carbocycles. The molecule has 2 aromatic carbocycles. The molecule has 2 heterocycles. The molecule has 7 heteroatoms. The number of aromatic amines is 1. The molecule has 2 aliphatic rings. The van der Waals surface area contributed by atoms with Crippen LogP contribution in [-0.4, -0.2) is 29.0 Å². The Hall–Kier alpha value is -2.83. The minimum Gasteiger partial charge on any atom is -0.360 e. The number of halogens is 2. The number of hydrogen-bond donors (Lipinski definition) is 2. The maximum atomic E-state index is 13.0. The van der Waals surface area contributed by atoms with Gasteiger partial charge in [0, 0.05) is 41.1 Å². The zero-order valence-electron chi connectivity index (χ0n) is 18.0. The van der Waals surface area contributed by atoms with E-state index in [1.165, 1.54) is 5.57 Å². The zero-order chi connectivity index (χ0) is 22.9. The first-order chi connectivity index (χ1) is 16.0. The number of aryl methyl sites for hydroxylation is 1. The molecule has 0 unspecified atom stereocenters. The fourth-order valence-corrected chi connectivity index (χ4v) is 5.28. The Morgan fingerprint density at radius 1 is 1.03 bits per heavy atom. The van der Waals surface area contributed by atoms with Crippen LogP contribution in [0.3, 0.4) is 0 Å². The molecular formula is C26H23BrClN3O2. The van der Waals surface area contributed by atoms with E-state index >= 15 is 0 Å². The standard InChI is InChI=1S/C26H23BrClN3O2/c27-22-15-29-24-21(25(22)32)8-6-17-14-18(28)7-9-20(17)23(24)16-10-12-31(13-11-16)26(33)30-19-4-2-1-3-5-19/h1-5,7,9,14-15H,6,8,10-13H2,(H,29,32)(H,30,33). The van der Waals surface area contributed by atoms with Gasteiger partial charge in [-0.3, -0.25) is 4.79 Å². The lowest BCUT2D eigenvalue weighted by Crippen LogP contribution is -2.39. The van der Waals surface area contributed by atoms with Crippen LogP contribution in [0.1, 0.15) is 35.2 Å². The summed E-state index contributed by atoms with van der Waals surface area (Å²) < 4.78 is 0.544. The first-order valence-electron chi connectivity index (χ1n) is 11.0. The van der Waals surface area contributed by atoms with E-state index in [-0.39, 0.29) is 11.5 Å². The summed E-state index contributed by atoms with van der Waals surface area (Å²) in [5.74, 6) is 0. The average Bonchev–Trinajstić information content (AvgIpc) is 2.99. The van der Waals surface area contributed by atoms with Crippen molar-refractivity contribution >= 4 is 44.8 Å². The van der Waals surface area contributed by atoms with Crippen molar-refractivity contribution in [1.29, 1.82) is 0 Å². The molecule has 0 radical (unpaired) electrons. The molecule has 1 aliphatic heterocycles. The molecule has 1 saturated heterocycles. The number of carbonyl (C=O) groups is 1. The predicted molar refractivity (Wildman–Crippen MR) is 136 cm³/mol. The van der Waals surface area contributed by atoms with E-state index in [2.05, 4.69) is 32.3 Å². The summed E-state index contributed by atoms with van der Waals surface area (Å²) in [6, 6.07) is 15.4. The Bertz CT molecular complexity index is 1310. The number of piperidine rings is 1. The summed E-state index contributed by atoms with van der Waals surface area (Å²) in [6.45, 7) is 1.24. The van der Waals surface area contributed by atoms with Gasteiger partial charge in [-0.05, 0) is 77.0 Å². The van der Waals surface area contributed by atoms with Crippen molar-refractivity contribution in [3.63, 3.8) is 0 Å². The second-order valence-electron chi connectivity index (χ2n) is 8.38. The van der Waals surface area contributed by atoms with Crippen molar-refractivity contribution in [3.8, 4) is 0 Å². The highest BCUT2D eigenvalue weighted by molar-refractivity contribution is 9.10. The number of rotatable bonds is 1. The lowest BCUT2D eigenvalue weighted by Gasteiger charge is -2.30. The third kappa shape index (κ3) is 4.37. The minimum absolute atomic E-state index is 0.0282. The van der Waals surface area contributed by atoms with Crippen LogP contribution in [0.4, 0.5) is 10.5 Å². The molecule has 1 aromatic heterocycles. The van der Waals surface area contributed by atoms with E-state index in [0.29, 0.717) is 29.0 Å². The number of nitrogens with zero attached hydrogens (tertiary/aromatic N) is 1. The number of aromatic nitrogens is 1. The molecule has 5 rings (SSSR count). The topological polar surface area (TPSA) is 65.2 Å². The van der Waals surface area contributed by atoms with Crippen molar-refractivity contribution in [2.24, 2.45) is 0 Å². The average molecular weight is 525 g/mol. The van der Waals surface area contributed by atoms with Crippen LogP contribution in [0.15, 0.2) is 69.6 Å². The van der Waals surface area contributed by atoms with Gasteiger partial charge in [-0.15, -0.1) is 0 Å². The molecule has 0 atom stereocenters. The first kappa shape index (κ1) is 22.0. The van der Waals surface area contributed by atoms with Gasteiger partial charge in [0.1, 0.15) is 0 Å². The fraction of sp³-hybridized carbons (Fsp3) is 0.231. The molecule has 3 aromatic rings. The lowest BCUT2D eigenvalue weighted by atomic mass is 9.88. The molecule has 0 spiro atoms. The largest absolute Gasteiger partial charge is 0.360 e. The number of para-hydroxylation sites is 1. The highest BCUT2D eigenvalue weighted by Crippen LogP contribution is 2.38. The van der Waals surface area contributed by atoms with E-state index < -0.39 is 0 Å². The van der Waals surface area contributed by atoms with Crippen LogP contribution in [0.25, 0.3) is 5.57 Å². The Morgan fingerprint density at radius 3 is 2.55 bits per heavy atom. The highest BCUT2D eigenvalue weighted by atomic mass is 79.9. The molecule has 168 valence electrons. The molecule has 2 N–H and O–H groups in total. The number of urea groups is 1. The van der Waals surface area contributed by atoms with Gasteiger partial charge in [0.2, 0.25) is 0 Å². The van der Waals surface area contributed by atoms with E-state index in [0.717, 1.165) is 52.9 Å².